The molecular formula is C9H17N3O2. The Morgan fingerprint density at radius 3 is 3.00 bits per heavy atom. The number of rotatable bonds is 4. The molecule has 1 unspecified atom stereocenters. The van der Waals surface area contributed by atoms with Crippen LogP contribution in [-0.2, 0) is 9.59 Å². The highest BCUT2D eigenvalue weighted by Crippen LogP contribution is 2.02. The van der Waals surface area contributed by atoms with Crippen molar-refractivity contribution in [3.05, 3.63) is 0 Å². The van der Waals surface area contributed by atoms with Crippen molar-refractivity contribution >= 4 is 11.8 Å². The number of hydrogen-bond acceptors (Lipinski definition) is 3. The molecule has 1 fully saturated rings. The van der Waals surface area contributed by atoms with Crippen molar-refractivity contribution in [3.63, 3.8) is 0 Å². The van der Waals surface area contributed by atoms with E-state index in [1.54, 1.807) is 7.05 Å². The molecule has 80 valence electrons. The van der Waals surface area contributed by atoms with Gasteiger partial charge in [-0.25, -0.2) is 0 Å². The van der Waals surface area contributed by atoms with E-state index >= 15 is 0 Å². The van der Waals surface area contributed by atoms with Crippen molar-refractivity contribution in [3.8, 4) is 0 Å². The molecule has 0 aliphatic carbocycles. The number of carbonyl (C=O) groups is 2. The lowest BCUT2D eigenvalue weighted by Crippen LogP contribution is -2.46. The minimum Gasteiger partial charge on any atom is -0.359 e. The number of nitrogens with one attached hydrogen (secondary N) is 3. The first-order valence-electron chi connectivity index (χ1n) is 4.93. The van der Waals surface area contributed by atoms with Gasteiger partial charge in [0.2, 0.25) is 11.8 Å². The summed E-state index contributed by atoms with van der Waals surface area (Å²) in [6.45, 7) is 1.34. The zero-order valence-electron chi connectivity index (χ0n) is 8.43. The van der Waals surface area contributed by atoms with Gasteiger partial charge in [-0.1, -0.05) is 0 Å². The predicted octanol–water partition coefficient (Wildman–Crippen LogP) is -1.01. The Kier molecular flexibility index (Phi) is 4.39. The van der Waals surface area contributed by atoms with E-state index in [-0.39, 0.29) is 11.8 Å². The molecule has 2 amide bonds. The lowest BCUT2D eigenvalue weighted by molar-refractivity contribution is -0.123. The van der Waals surface area contributed by atoms with Gasteiger partial charge in [-0.05, 0) is 6.42 Å². The van der Waals surface area contributed by atoms with Crippen LogP contribution in [0.2, 0.25) is 0 Å². The van der Waals surface area contributed by atoms with Gasteiger partial charge in [0.25, 0.3) is 0 Å². The van der Waals surface area contributed by atoms with Crippen LogP contribution in [0.15, 0.2) is 0 Å². The molecule has 0 aromatic heterocycles. The molecule has 0 bridgehead atoms. The SMILES string of the molecule is CNC(=O)CCNC1CCC(=O)NC1. The van der Waals surface area contributed by atoms with Crippen molar-refractivity contribution < 1.29 is 9.59 Å². The number of hydrogen-bond donors (Lipinski definition) is 3. The summed E-state index contributed by atoms with van der Waals surface area (Å²) in [5.74, 6) is 0.159. The van der Waals surface area contributed by atoms with Gasteiger partial charge in [-0.3, -0.25) is 9.59 Å². The second-order valence-corrected chi connectivity index (χ2v) is 3.42. The van der Waals surface area contributed by atoms with Gasteiger partial charge in [-0.15, -0.1) is 0 Å². The molecule has 5 heteroatoms. The quantitative estimate of drug-likeness (QED) is 0.543. The van der Waals surface area contributed by atoms with Crippen molar-refractivity contribution in [1.82, 2.24) is 16.0 Å². The molecule has 5 nitrogen and oxygen atoms in total. The second-order valence-electron chi connectivity index (χ2n) is 3.42. The molecule has 1 aliphatic heterocycles. The van der Waals surface area contributed by atoms with Crippen molar-refractivity contribution in [1.29, 1.82) is 0 Å². The molecular weight excluding hydrogens is 182 g/mol. The summed E-state index contributed by atoms with van der Waals surface area (Å²) in [5, 5.41) is 8.58. The Morgan fingerprint density at radius 1 is 1.64 bits per heavy atom. The highest BCUT2D eigenvalue weighted by Gasteiger charge is 2.16. The Bertz CT molecular complexity index is 208. The monoisotopic (exact) mass is 199 g/mol. The van der Waals surface area contributed by atoms with Crippen molar-refractivity contribution in [2.75, 3.05) is 20.1 Å². The summed E-state index contributed by atoms with van der Waals surface area (Å²) in [6.07, 6.45) is 1.93. The van der Waals surface area contributed by atoms with Crippen LogP contribution in [-0.4, -0.2) is 38.0 Å². The van der Waals surface area contributed by atoms with Gasteiger partial charge in [0.05, 0.1) is 0 Å². The van der Waals surface area contributed by atoms with E-state index in [0.29, 0.717) is 32.0 Å². The fourth-order valence-corrected chi connectivity index (χ4v) is 1.42. The standard InChI is InChI=1S/C9H17N3O2/c1-10-8(13)4-5-11-7-2-3-9(14)12-6-7/h7,11H,2-6H2,1H3,(H,10,13)(H,12,14). The highest BCUT2D eigenvalue weighted by atomic mass is 16.2. The maximum atomic E-state index is 10.9. The summed E-state index contributed by atoms with van der Waals surface area (Å²) < 4.78 is 0. The molecule has 1 heterocycles. The van der Waals surface area contributed by atoms with E-state index in [9.17, 15) is 9.59 Å². The summed E-state index contributed by atoms with van der Waals surface area (Å²) in [5.41, 5.74) is 0. The predicted molar refractivity (Wildman–Crippen MR) is 52.7 cm³/mol. The lowest BCUT2D eigenvalue weighted by Gasteiger charge is -2.23. The maximum absolute atomic E-state index is 10.9. The molecule has 1 saturated heterocycles. The summed E-state index contributed by atoms with van der Waals surface area (Å²) in [6, 6.07) is 0.317. The third-order valence-electron chi connectivity index (χ3n) is 2.33. The molecule has 1 aliphatic rings. The second kappa shape index (κ2) is 5.59. The minimum atomic E-state index is 0.0392. The fourth-order valence-electron chi connectivity index (χ4n) is 1.42. The molecule has 0 spiro atoms. The Hall–Kier alpha value is -1.10. The van der Waals surface area contributed by atoms with Gasteiger partial charge in [-0.2, -0.15) is 0 Å². The van der Waals surface area contributed by atoms with E-state index in [2.05, 4.69) is 16.0 Å². The fraction of sp³-hybridized carbons (Fsp3) is 0.778. The molecule has 1 rings (SSSR count). The van der Waals surface area contributed by atoms with Crippen molar-refractivity contribution in [2.45, 2.75) is 25.3 Å². The first kappa shape index (κ1) is 11.0. The molecule has 14 heavy (non-hydrogen) atoms. The number of piperidine rings is 1. The minimum absolute atomic E-state index is 0.0392. The number of carbonyl (C=O) groups excluding carboxylic acids is 2. The third-order valence-corrected chi connectivity index (χ3v) is 2.33. The molecule has 1 atom stereocenters. The van der Waals surface area contributed by atoms with E-state index in [1.165, 1.54) is 0 Å². The largest absolute Gasteiger partial charge is 0.359 e. The Morgan fingerprint density at radius 2 is 2.43 bits per heavy atom. The molecule has 0 aromatic rings. The van der Waals surface area contributed by atoms with Crippen LogP contribution in [0, 0.1) is 0 Å². The Balaban J connectivity index is 2.07. The van der Waals surface area contributed by atoms with E-state index < -0.39 is 0 Å². The van der Waals surface area contributed by atoms with Gasteiger partial charge >= 0.3 is 0 Å². The number of amides is 2. The summed E-state index contributed by atoms with van der Waals surface area (Å²) in [4.78, 5) is 21.7. The molecule has 3 N–H and O–H groups in total. The van der Waals surface area contributed by atoms with Gasteiger partial charge in [0.15, 0.2) is 0 Å². The zero-order valence-corrected chi connectivity index (χ0v) is 8.43. The van der Waals surface area contributed by atoms with Crippen LogP contribution in [0.3, 0.4) is 0 Å². The van der Waals surface area contributed by atoms with Crippen LogP contribution in [0.25, 0.3) is 0 Å². The van der Waals surface area contributed by atoms with Gasteiger partial charge in [0.1, 0.15) is 0 Å². The average Bonchev–Trinajstić information content (AvgIpc) is 2.21. The van der Waals surface area contributed by atoms with Crippen LogP contribution in [0.5, 0.6) is 0 Å². The van der Waals surface area contributed by atoms with Crippen molar-refractivity contribution in [2.24, 2.45) is 0 Å². The first-order chi connectivity index (χ1) is 6.72. The molecule has 0 aromatic carbocycles. The first-order valence-corrected chi connectivity index (χ1v) is 4.93. The van der Waals surface area contributed by atoms with E-state index in [4.69, 9.17) is 0 Å². The smallest absolute Gasteiger partial charge is 0.221 e. The molecule has 0 radical (unpaired) electrons. The topological polar surface area (TPSA) is 70.2 Å². The Labute approximate surface area is 83.6 Å². The van der Waals surface area contributed by atoms with Crippen LogP contribution < -0.4 is 16.0 Å². The zero-order chi connectivity index (χ0) is 10.4. The highest BCUT2D eigenvalue weighted by molar-refractivity contribution is 5.77. The van der Waals surface area contributed by atoms with Gasteiger partial charge in [0, 0.05) is 39.0 Å². The van der Waals surface area contributed by atoms with E-state index in [0.717, 1.165) is 6.42 Å². The third kappa shape index (κ3) is 3.74. The summed E-state index contributed by atoms with van der Waals surface area (Å²) in [7, 11) is 1.63. The molecule has 0 saturated carbocycles. The lowest BCUT2D eigenvalue weighted by atomic mass is 10.1. The average molecular weight is 199 g/mol. The van der Waals surface area contributed by atoms with Gasteiger partial charge < -0.3 is 16.0 Å². The summed E-state index contributed by atoms with van der Waals surface area (Å²) >= 11 is 0. The maximum Gasteiger partial charge on any atom is 0.221 e. The van der Waals surface area contributed by atoms with Crippen LogP contribution in [0.1, 0.15) is 19.3 Å². The van der Waals surface area contributed by atoms with E-state index in [1.807, 2.05) is 0 Å². The van der Waals surface area contributed by atoms with Crippen LogP contribution in [0.4, 0.5) is 0 Å². The van der Waals surface area contributed by atoms with Crippen LogP contribution >= 0.6 is 0 Å². The normalized spacial score (nSPS) is 21.5.